The molecule has 3 aromatic carbocycles. The van der Waals surface area contributed by atoms with E-state index in [0.29, 0.717) is 43.5 Å². The van der Waals surface area contributed by atoms with Crippen LogP contribution in [0.1, 0.15) is 42.1 Å². The number of nitrogens with zero attached hydrogens (tertiary/aromatic N) is 2. The topological polar surface area (TPSA) is 69.9 Å². The highest BCUT2D eigenvalue weighted by Crippen LogP contribution is 2.35. The predicted molar refractivity (Wildman–Crippen MR) is 169 cm³/mol. The Morgan fingerprint density at radius 2 is 1.88 bits per heavy atom. The van der Waals surface area contributed by atoms with Crippen LogP contribution in [-0.2, 0) is 16.1 Å². The van der Waals surface area contributed by atoms with Gasteiger partial charge in [-0.25, -0.2) is 9.79 Å². The number of fused-ring (bicyclic) bond motifs is 1. The normalized spacial score (nSPS) is 15.0. The van der Waals surface area contributed by atoms with Gasteiger partial charge in [0.1, 0.15) is 12.4 Å². The molecule has 0 fully saturated rings. The number of carbonyl (C=O) groups is 1. The molecule has 5 rings (SSSR count). The lowest BCUT2D eigenvalue weighted by Crippen LogP contribution is -2.39. The summed E-state index contributed by atoms with van der Waals surface area (Å²) in [6.07, 6.45) is 1.79. The summed E-state index contributed by atoms with van der Waals surface area (Å²) < 4.78 is 15.2. The van der Waals surface area contributed by atoms with Crippen molar-refractivity contribution in [3.63, 3.8) is 0 Å². The number of aryl methyl sites for hydroxylation is 1. The Morgan fingerprint density at radius 3 is 2.59 bits per heavy atom. The molecule has 0 saturated carbocycles. The summed E-state index contributed by atoms with van der Waals surface area (Å²) in [4.78, 5) is 32.3. The Hall–Kier alpha value is -2.98. The van der Waals surface area contributed by atoms with E-state index in [1.54, 1.807) is 24.5 Å². The largest absolute Gasteiger partial charge is 0.487 e. The number of benzene rings is 3. The van der Waals surface area contributed by atoms with Crippen LogP contribution in [0.3, 0.4) is 0 Å². The van der Waals surface area contributed by atoms with Gasteiger partial charge in [0.2, 0.25) is 0 Å². The van der Waals surface area contributed by atoms with Crippen LogP contribution in [0.2, 0.25) is 5.02 Å². The van der Waals surface area contributed by atoms with Gasteiger partial charge >= 0.3 is 5.97 Å². The first-order chi connectivity index (χ1) is 19.7. The molecule has 1 aliphatic heterocycles. The minimum absolute atomic E-state index is 0.219. The highest BCUT2D eigenvalue weighted by Gasteiger charge is 2.33. The van der Waals surface area contributed by atoms with Gasteiger partial charge in [-0.2, -0.15) is 0 Å². The molecule has 1 aromatic heterocycles. The molecule has 6 nitrogen and oxygen atoms in total. The number of thiazole rings is 1. The van der Waals surface area contributed by atoms with Crippen molar-refractivity contribution in [3.8, 4) is 5.75 Å². The molecule has 10 heteroatoms. The molecule has 0 aliphatic carbocycles. The maximum atomic E-state index is 14.0. The first-order valence-corrected chi connectivity index (χ1v) is 15.6. The van der Waals surface area contributed by atoms with Gasteiger partial charge in [-0.3, -0.25) is 9.36 Å². The maximum absolute atomic E-state index is 14.0. The molecular weight excluding hydrogens is 692 g/mol. The summed E-state index contributed by atoms with van der Waals surface area (Å²) in [5.74, 6) is 0.0960. The second kappa shape index (κ2) is 12.5. The number of allylic oxidation sites excluding steroid dienone is 1. The van der Waals surface area contributed by atoms with Crippen molar-refractivity contribution in [2.24, 2.45) is 4.99 Å². The zero-order valence-corrected chi connectivity index (χ0v) is 27.2. The molecule has 210 valence electrons. The van der Waals surface area contributed by atoms with Crippen molar-refractivity contribution >= 4 is 66.8 Å². The Morgan fingerprint density at radius 1 is 1.12 bits per heavy atom. The van der Waals surface area contributed by atoms with E-state index < -0.39 is 12.0 Å². The summed E-state index contributed by atoms with van der Waals surface area (Å²) in [6.45, 7) is 6.03. The minimum Gasteiger partial charge on any atom is -0.487 e. The van der Waals surface area contributed by atoms with Gasteiger partial charge in [0.15, 0.2) is 4.80 Å². The van der Waals surface area contributed by atoms with E-state index in [0.717, 1.165) is 25.6 Å². The fourth-order valence-electron chi connectivity index (χ4n) is 4.62. The third-order valence-corrected chi connectivity index (χ3v) is 8.77. The van der Waals surface area contributed by atoms with Crippen LogP contribution in [0, 0.1) is 6.92 Å². The lowest BCUT2D eigenvalue weighted by molar-refractivity contribution is -0.139. The van der Waals surface area contributed by atoms with Crippen LogP contribution in [0.5, 0.6) is 5.75 Å². The minimum atomic E-state index is -0.666. The molecule has 0 amide bonds. The molecule has 0 bridgehead atoms. The molecular formula is C31H25Br2ClN2O4S. The molecule has 2 heterocycles. The molecule has 0 radical (unpaired) electrons. The number of hydrogen-bond donors (Lipinski definition) is 0. The van der Waals surface area contributed by atoms with Crippen molar-refractivity contribution in [2.75, 3.05) is 6.61 Å². The van der Waals surface area contributed by atoms with Crippen molar-refractivity contribution in [1.29, 1.82) is 0 Å². The smallest absolute Gasteiger partial charge is 0.338 e. The number of carbonyl (C=O) groups excluding carboxylic acids is 1. The first kappa shape index (κ1) is 29.5. The number of halogens is 3. The van der Waals surface area contributed by atoms with Crippen molar-refractivity contribution in [1.82, 2.24) is 4.57 Å². The molecule has 0 unspecified atom stereocenters. The van der Waals surface area contributed by atoms with E-state index in [1.165, 1.54) is 11.3 Å². The van der Waals surface area contributed by atoms with Gasteiger partial charge < -0.3 is 9.47 Å². The monoisotopic (exact) mass is 714 g/mol. The van der Waals surface area contributed by atoms with Crippen LogP contribution in [0.4, 0.5) is 0 Å². The standard InChI is InChI=1S/C31H25Br2ClN2O4S/c1-4-39-30(38)26-18(3)35-31-36(27(26)20-10-8-17(2)9-11-20)29(37)25(41-31)14-21-13-22(32)15-24(33)28(21)40-16-19-6-5-7-23(34)12-19/h5-15,27H,4,16H2,1-3H3/b25-14-/t27-/m1/s1. The molecule has 1 aliphatic rings. The second-order valence-electron chi connectivity index (χ2n) is 9.44. The highest BCUT2D eigenvalue weighted by atomic mass is 79.9. The number of esters is 1. The third kappa shape index (κ3) is 6.28. The second-order valence-corrected chi connectivity index (χ2v) is 12.7. The lowest BCUT2D eigenvalue weighted by Gasteiger charge is -2.24. The molecule has 0 spiro atoms. The number of aromatic nitrogens is 1. The Bertz CT molecular complexity index is 1860. The van der Waals surface area contributed by atoms with Gasteiger partial charge in [0, 0.05) is 15.1 Å². The number of ether oxygens (including phenoxy) is 2. The highest BCUT2D eigenvalue weighted by molar-refractivity contribution is 9.11. The molecule has 0 N–H and O–H groups in total. The van der Waals surface area contributed by atoms with E-state index in [9.17, 15) is 9.59 Å². The van der Waals surface area contributed by atoms with Gasteiger partial charge in [-0.15, -0.1) is 0 Å². The van der Waals surface area contributed by atoms with E-state index in [2.05, 4.69) is 36.9 Å². The summed E-state index contributed by atoms with van der Waals surface area (Å²) in [6, 6.07) is 18.4. The Labute approximate surface area is 262 Å². The van der Waals surface area contributed by atoms with Crippen molar-refractivity contribution < 1.29 is 14.3 Å². The Balaban J connectivity index is 1.65. The van der Waals surface area contributed by atoms with Crippen LogP contribution in [0.25, 0.3) is 6.08 Å². The predicted octanol–water partition coefficient (Wildman–Crippen LogP) is 6.86. The number of hydrogen-bond acceptors (Lipinski definition) is 6. The molecule has 4 aromatic rings. The molecule has 41 heavy (non-hydrogen) atoms. The molecule has 0 saturated heterocycles. The quantitative estimate of drug-likeness (QED) is 0.196. The summed E-state index contributed by atoms with van der Waals surface area (Å²) in [7, 11) is 0. The van der Waals surface area contributed by atoms with Gasteiger partial charge in [-0.05, 0) is 78.2 Å². The van der Waals surface area contributed by atoms with E-state index in [4.69, 9.17) is 21.1 Å². The van der Waals surface area contributed by atoms with Gasteiger partial charge in [-0.1, -0.05) is 80.8 Å². The zero-order chi connectivity index (χ0) is 29.3. The fraction of sp³-hybridized carbons (Fsp3) is 0.194. The van der Waals surface area contributed by atoms with Crippen LogP contribution in [-0.4, -0.2) is 17.1 Å². The van der Waals surface area contributed by atoms with Crippen LogP contribution in [0.15, 0.2) is 90.7 Å². The fourth-order valence-corrected chi connectivity index (χ4v) is 7.24. The zero-order valence-electron chi connectivity index (χ0n) is 22.4. The number of rotatable bonds is 7. The lowest BCUT2D eigenvalue weighted by atomic mass is 9.95. The van der Waals surface area contributed by atoms with Crippen molar-refractivity contribution in [2.45, 2.75) is 33.4 Å². The van der Waals surface area contributed by atoms with Gasteiger partial charge in [0.05, 0.1) is 32.9 Å². The van der Waals surface area contributed by atoms with Crippen LogP contribution >= 0.6 is 54.8 Å². The Kier molecular flexibility index (Phi) is 8.99. The first-order valence-electron chi connectivity index (χ1n) is 12.8. The third-order valence-electron chi connectivity index (χ3n) is 6.51. The molecule has 1 atom stereocenters. The SMILES string of the molecule is CCOC(=O)C1=C(C)N=c2s/c(=C\c3cc(Br)cc(Br)c3OCc3cccc(Cl)c3)c(=O)n2[C@@H]1c1ccc(C)cc1. The maximum Gasteiger partial charge on any atom is 0.338 e. The van der Waals surface area contributed by atoms with E-state index >= 15 is 0 Å². The summed E-state index contributed by atoms with van der Waals surface area (Å²) in [5.41, 5.74) is 4.11. The van der Waals surface area contributed by atoms with E-state index in [1.807, 2.05) is 67.6 Å². The summed E-state index contributed by atoms with van der Waals surface area (Å²) in [5, 5.41) is 0.628. The summed E-state index contributed by atoms with van der Waals surface area (Å²) >= 11 is 14.6. The van der Waals surface area contributed by atoms with E-state index in [-0.39, 0.29) is 12.2 Å². The van der Waals surface area contributed by atoms with Gasteiger partial charge in [0.25, 0.3) is 5.56 Å². The van der Waals surface area contributed by atoms with Crippen molar-refractivity contribution in [3.05, 3.63) is 128 Å². The average molecular weight is 717 g/mol. The van der Waals surface area contributed by atoms with Crippen LogP contribution < -0.4 is 19.6 Å². The average Bonchev–Trinajstić information content (AvgIpc) is 3.22.